The Morgan fingerprint density at radius 1 is 1.50 bits per heavy atom. The molecule has 0 saturated carbocycles. The van der Waals surface area contributed by atoms with E-state index in [0.717, 1.165) is 0 Å². The molecule has 0 aliphatic carbocycles. The minimum absolute atomic E-state index is 0.0288. The molecule has 2 N–H and O–H groups in total. The Morgan fingerprint density at radius 2 is 2.20 bits per heavy atom. The van der Waals surface area contributed by atoms with Gasteiger partial charge in [-0.25, -0.2) is 9.78 Å². The Kier molecular flexibility index (Phi) is 4.13. The molecule has 1 aliphatic rings. The van der Waals surface area contributed by atoms with Crippen LogP contribution < -0.4 is 15.4 Å². The van der Waals surface area contributed by atoms with Crippen LogP contribution in [0.1, 0.15) is 38.9 Å². The van der Waals surface area contributed by atoms with Crippen molar-refractivity contribution in [3.63, 3.8) is 0 Å². The first-order valence-corrected chi connectivity index (χ1v) is 6.74. The van der Waals surface area contributed by atoms with Gasteiger partial charge in [-0.15, -0.1) is 0 Å². The molecule has 0 spiro atoms. The van der Waals surface area contributed by atoms with Crippen LogP contribution in [0, 0.1) is 0 Å². The summed E-state index contributed by atoms with van der Waals surface area (Å²) >= 11 is 0. The van der Waals surface area contributed by atoms with Crippen LogP contribution >= 0.6 is 0 Å². The van der Waals surface area contributed by atoms with E-state index in [-0.39, 0.29) is 24.3 Å². The first kappa shape index (κ1) is 14.6. The fourth-order valence-electron chi connectivity index (χ4n) is 2.40. The highest BCUT2D eigenvalue weighted by atomic mass is 16.6. The number of aromatic nitrogens is 1. The number of hydrogen-bond acceptors (Lipinski definition) is 5. The zero-order valence-electron chi connectivity index (χ0n) is 12.3. The molecule has 1 aromatic heterocycles. The van der Waals surface area contributed by atoms with Crippen molar-refractivity contribution in [3.05, 3.63) is 17.8 Å². The van der Waals surface area contributed by atoms with E-state index in [4.69, 9.17) is 15.2 Å². The van der Waals surface area contributed by atoms with Gasteiger partial charge in [0, 0.05) is 12.1 Å². The zero-order chi connectivity index (χ0) is 14.9. The van der Waals surface area contributed by atoms with Gasteiger partial charge in [0.15, 0.2) is 0 Å². The topological polar surface area (TPSA) is 77.7 Å². The lowest BCUT2D eigenvalue weighted by Crippen LogP contribution is -2.45. The SMILES string of the molecule is COc1ccc2c(n1)[C@H](N)C[C@H](C)N2C(=O)OC(C)C. The number of nitrogens with zero attached hydrogens (tertiary/aromatic N) is 2. The fraction of sp³-hybridized carbons (Fsp3) is 0.571. The van der Waals surface area contributed by atoms with Gasteiger partial charge in [-0.3, -0.25) is 4.90 Å². The highest BCUT2D eigenvalue weighted by Gasteiger charge is 2.34. The van der Waals surface area contributed by atoms with E-state index in [0.29, 0.717) is 23.7 Å². The quantitative estimate of drug-likeness (QED) is 0.898. The van der Waals surface area contributed by atoms with E-state index in [1.54, 1.807) is 24.1 Å². The van der Waals surface area contributed by atoms with E-state index in [9.17, 15) is 4.79 Å². The van der Waals surface area contributed by atoms with Crippen LogP contribution in [0.15, 0.2) is 12.1 Å². The molecule has 2 atom stereocenters. The molecule has 6 nitrogen and oxygen atoms in total. The summed E-state index contributed by atoms with van der Waals surface area (Å²) in [5.41, 5.74) is 7.49. The van der Waals surface area contributed by atoms with Crippen LogP contribution in [0.2, 0.25) is 0 Å². The lowest BCUT2D eigenvalue weighted by atomic mass is 9.97. The molecule has 1 amide bonds. The highest BCUT2D eigenvalue weighted by molar-refractivity contribution is 5.90. The molecule has 0 radical (unpaired) electrons. The lowest BCUT2D eigenvalue weighted by molar-refractivity contribution is 0.119. The Hall–Kier alpha value is -1.82. The van der Waals surface area contributed by atoms with Crippen molar-refractivity contribution >= 4 is 11.8 Å². The van der Waals surface area contributed by atoms with Gasteiger partial charge in [-0.1, -0.05) is 0 Å². The van der Waals surface area contributed by atoms with E-state index >= 15 is 0 Å². The zero-order valence-corrected chi connectivity index (χ0v) is 12.3. The smallest absolute Gasteiger partial charge is 0.414 e. The first-order valence-electron chi connectivity index (χ1n) is 6.74. The number of amides is 1. The van der Waals surface area contributed by atoms with Crippen molar-refractivity contribution in [1.29, 1.82) is 0 Å². The average molecular weight is 279 g/mol. The Morgan fingerprint density at radius 3 is 2.80 bits per heavy atom. The van der Waals surface area contributed by atoms with Crippen molar-refractivity contribution in [1.82, 2.24) is 4.98 Å². The minimum Gasteiger partial charge on any atom is -0.481 e. The van der Waals surface area contributed by atoms with E-state index in [2.05, 4.69) is 4.98 Å². The second-order valence-corrected chi connectivity index (χ2v) is 5.25. The number of methoxy groups -OCH3 is 1. The van der Waals surface area contributed by atoms with Gasteiger partial charge in [0.25, 0.3) is 0 Å². The lowest BCUT2D eigenvalue weighted by Gasteiger charge is -2.36. The Labute approximate surface area is 118 Å². The van der Waals surface area contributed by atoms with Crippen molar-refractivity contribution in [2.45, 2.75) is 45.4 Å². The number of ether oxygens (including phenoxy) is 2. The van der Waals surface area contributed by atoms with Crippen molar-refractivity contribution in [2.24, 2.45) is 5.73 Å². The summed E-state index contributed by atoms with van der Waals surface area (Å²) in [7, 11) is 1.55. The number of hydrogen-bond donors (Lipinski definition) is 1. The highest BCUT2D eigenvalue weighted by Crippen LogP contribution is 2.36. The summed E-state index contributed by atoms with van der Waals surface area (Å²) in [5, 5.41) is 0. The number of pyridine rings is 1. The van der Waals surface area contributed by atoms with E-state index in [1.807, 2.05) is 20.8 Å². The van der Waals surface area contributed by atoms with Gasteiger partial charge in [-0.2, -0.15) is 0 Å². The molecule has 0 saturated heterocycles. The normalized spacial score (nSPS) is 21.6. The fourth-order valence-corrected chi connectivity index (χ4v) is 2.40. The summed E-state index contributed by atoms with van der Waals surface area (Å²) in [6.07, 6.45) is 0.105. The predicted octanol–water partition coefficient (Wildman–Crippen LogP) is 2.23. The molecule has 0 bridgehead atoms. The van der Waals surface area contributed by atoms with Gasteiger partial charge in [0.05, 0.1) is 30.6 Å². The number of carbonyl (C=O) groups excluding carboxylic acids is 1. The summed E-state index contributed by atoms with van der Waals surface area (Å²) in [6.45, 7) is 5.60. The molecule has 2 heterocycles. The molecule has 0 fully saturated rings. The van der Waals surface area contributed by atoms with Crippen LogP contribution in [0.5, 0.6) is 5.88 Å². The number of fused-ring (bicyclic) bond motifs is 1. The summed E-state index contributed by atoms with van der Waals surface area (Å²) in [4.78, 5) is 18.2. The summed E-state index contributed by atoms with van der Waals surface area (Å²) in [5.74, 6) is 0.492. The Balaban J connectivity index is 2.40. The van der Waals surface area contributed by atoms with Crippen LogP contribution in [0.25, 0.3) is 0 Å². The first-order chi connectivity index (χ1) is 9.43. The second-order valence-electron chi connectivity index (χ2n) is 5.25. The van der Waals surface area contributed by atoms with E-state index in [1.165, 1.54) is 0 Å². The van der Waals surface area contributed by atoms with Crippen LogP contribution in [-0.2, 0) is 4.74 Å². The molecule has 0 aromatic carbocycles. The molecule has 6 heteroatoms. The molecule has 110 valence electrons. The number of anilines is 1. The number of rotatable bonds is 2. The molecule has 0 unspecified atom stereocenters. The van der Waals surface area contributed by atoms with Crippen molar-refractivity contribution in [2.75, 3.05) is 12.0 Å². The third kappa shape index (κ3) is 2.70. The number of nitrogens with two attached hydrogens (primary N) is 1. The van der Waals surface area contributed by atoms with Gasteiger partial charge in [0.2, 0.25) is 5.88 Å². The van der Waals surface area contributed by atoms with Gasteiger partial charge in [-0.05, 0) is 33.3 Å². The standard InChI is InChI=1S/C14H21N3O3/c1-8(2)20-14(18)17-9(3)7-10(15)13-11(17)5-6-12(16-13)19-4/h5-6,8-10H,7,15H2,1-4H3/t9-,10+/m0/s1. The van der Waals surface area contributed by atoms with Crippen molar-refractivity contribution in [3.8, 4) is 5.88 Å². The van der Waals surface area contributed by atoms with Gasteiger partial charge in [0.1, 0.15) is 0 Å². The summed E-state index contributed by atoms with van der Waals surface area (Å²) in [6, 6.07) is 3.29. The monoisotopic (exact) mass is 279 g/mol. The molecule has 1 aliphatic heterocycles. The maximum Gasteiger partial charge on any atom is 0.414 e. The average Bonchev–Trinajstić information content (AvgIpc) is 2.37. The van der Waals surface area contributed by atoms with Gasteiger partial charge < -0.3 is 15.2 Å². The van der Waals surface area contributed by atoms with E-state index < -0.39 is 0 Å². The maximum absolute atomic E-state index is 12.2. The Bertz CT molecular complexity index is 504. The van der Waals surface area contributed by atoms with Crippen molar-refractivity contribution < 1.29 is 14.3 Å². The molecule has 1 aromatic rings. The van der Waals surface area contributed by atoms with Crippen LogP contribution in [-0.4, -0.2) is 30.3 Å². The number of carbonyl (C=O) groups is 1. The molecular formula is C14H21N3O3. The largest absolute Gasteiger partial charge is 0.481 e. The molecular weight excluding hydrogens is 258 g/mol. The molecule has 20 heavy (non-hydrogen) atoms. The van der Waals surface area contributed by atoms with Gasteiger partial charge >= 0.3 is 6.09 Å². The summed E-state index contributed by atoms with van der Waals surface area (Å²) < 4.78 is 10.4. The van der Waals surface area contributed by atoms with Crippen LogP contribution in [0.4, 0.5) is 10.5 Å². The minimum atomic E-state index is -0.368. The third-order valence-electron chi connectivity index (χ3n) is 3.27. The maximum atomic E-state index is 12.2. The van der Waals surface area contributed by atoms with Crippen LogP contribution in [0.3, 0.4) is 0 Å². The third-order valence-corrected chi connectivity index (χ3v) is 3.27. The molecule has 2 rings (SSSR count). The second kappa shape index (κ2) is 5.66. The predicted molar refractivity (Wildman–Crippen MR) is 75.9 cm³/mol.